The van der Waals surface area contributed by atoms with E-state index in [4.69, 9.17) is 9.47 Å². The summed E-state index contributed by atoms with van der Waals surface area (Å²) < 4.78 is 13.6. The van der Waals surface area contributed by atoms with Gasteiger partial charge in [-0.1, -0.05) is 0 Å². The maximum atomic E-state index is 10.6. The third-order valence-corrected chi connectivity index (χ3v) is 5.28. The number of imidazole rings is 2. The van der Waals surface area contributed by atoms with E-state index in [0.717, 1.165) is 65.7 Å². The number of hydrogen-bond acceptors (Lipinski definition) is 10. The van der Waals surface area contributed by atoms with Gasteiger partial charge in [0.25, 0.3) is 0 Å². The summed E-state index contributed by atoms with van der Waals surface area (Å²) in [5, 5.41) is 21.3. The highest BCUT2D eigenvalue weighted by molar-refractivity contribution is 5.15. The fraction of sp³-hybridized carbons (Fsp3) is 0.667. The molecule has 0 atom stereocenters. The van der Waals surface area contributed by atoms with E-state index in [1.807, 2.05) is 0 Å². The van der Waals surface area contributed by atoms with E-state index in [2.05, 4.69) is 19.8 Å². The Hall–Kier alpha value is -2.94. The molecule has 2 aliphatic rings. The predicted molar refractivity (Wildman–Crippen MR) is 112 cm³/mol. The number of ether oxygens (including phenoxy) is 2. The first-order valence-electron chi connectivity index (χ1n) is 10.4. The lowest BCUT2D eigenvalue weighted by Crippen LogP contribution is -2.38. The highest BCUT2D eigenvalue weighted by Gasteiger charge is 2.17. The molecule has 32 heavy (non-hydrogen) atoms. The molecule has 14 heteroatoms. The minimum atomic E-state index is -0.410. The quantitative estimate of drug-likeness (QED) is 0.403. The Morgan fingerprint density at radius 1 is 0.719 bits per heavy atom. The molecule has 0 saturated carbocycles. The van der Waals surface area contributed by atoms with E-state index >= 15 is 0 Å². The molecule has 0 amide bonds. The van der Waals surface area contributed by atoms with Crippen molar-refractivity contribution in [2.75, 3.05) is 65.7 Å². The molecule has 0 radical (unpaired) electrons. The van der Waals surface area contributed by atoms with Gasteiger partial charge in [-0.2, -0.15) is 0 Å². The molecule has 176 valence electrons. The summed E-state index contributed by atoms with van der Waals surface area (Å²) >= 11 is 0. The monoisotopic (exact) mass is 452 g/mol. The van der Waals surface area contributed by atoms with E-state index in [0.29, 0.717) is 13.1 Å². The maximum Gasteiger partial charge on any atom is 0.342 e. The molecule has 14 nitrogen and oxygen atoms in total. The lowest BCUT2D eigenvalue weighted by atomic mass is 10.4. The number of aromatic nitrogens is 4. The molecule has 4 rings (SSSR count). The molecule has 0 spiro atoms. The topological polar surface area (TPSA) is 147 Å². The first-order chi connectivity index (χ1) is 15.5. The molecule has 0 N–H and O–H groups in total. The molecular weight excluding hydrogens is 424 g/mol. The number of morpholine rings is 2. The molecule has 2 aromatic rings. The van der Waals surface area contributed by atoms with Gasteiger partial charge in [-0.3, -0.25) is 9.80 Å². The van der Waals surface area contributed by atoms with Gasteiger partial charge < -0.3 is 29.7 Å². The van der Waals surface area contributed by atoms with Crippen LogP contribution in [-0.4, -0.2) is 104 Å². The summed E-state index contributed by atoms with van der Waals surface area (Å²) in [5.74, 6) is 0.0986. The van der Waals surface area contributed by atoms with Gasteiger partial charge in [0, 0.05) is 39.3 Å². The van der Waals surface area contributed by atoms with E-state index in [-0.39, 0.29) is 11.6 Å². The Labute approximate surface area is 184 Å². The number of hydrogen-bond donors (Lipinski definition) is 0. The van der Waals surface area contributed by atoms with Crippen molar-refractivity contribution in [3.8, 4) is 0 Å². The van der Waals surface area contributed by atoms with Crippen molar-refractivity contribution in [2.24, 2.45) is 0 Å². The van der Waals surface area contributed by atoms with Gasteiger partial charge >= 0.3 is 11.6 Å². The van der Waals surface area contributed by atoms with Crippen LogP contribution in [0.1, 0.15) is 0 Å². The number of nitro groups is 2. The van der Waals surface area contributed by atoms with Gasteiger partial charge in [0.2, 0.25) is 0 Å². The Morgan fingerprint density at radius 2 is 1.09 bits per heavy atom. The van der Waals surface area contributed by atoms with Crippen LogP contribution in [0.25, 0.3) is 0 Å². The standard InChI is InChI=1S/2C9H14N4O3/c2*14-13(15)9-7-10-8-12(9)2-1-11-3-5-16-6-4-11/h2*7-8H,1-6H2. The predicted octanol–water partition coefficient (Wildman–Crippen LogP) is 0.247. The SMILES string of the molecule is O=[N+]([O-])c1cncn1CCN1CCOCC1.O=[N+]([O-])c1cncn1CCN1CCOCC1. The number of nitrogens with zero attached hydrogens (tertiary/aromatic N) is 8. The Bertz CT molecular complexity index is 789. The van der Waals surface area contributed by atoms with E-state index in [1.165, 1.54) is 25.0 Å². The largest absolute Gasteiger partial charge is 0.379 e. The Morgan fingerprint density at radius 3 is 1.44 bits per heavy atom. The summed E-state index contributed by atoms with van der Waals surface area (Å²) in [7, 11) is 0. The summed E-state index contributed by atoms with van der Waals surface area (Å²) in [5.41, 5.74) is 0. The molecule has 2 fully saturated rings. The van der Waals surface area contributed by atoms with Gasteiger partial charge in [-0.25, -0.2) is 19.1 Å². The van der Waals surface area contributed by atoms with Gasteiger partial charge in [-0.05, 0) is 9.85 Å². The fourth-order valence-corrected chi connectivity index (χ4v) is 3.42. The molecule has 0 unspecified atom stereocenters. The minimum Gasteiger partial charge on any atom is -0.379 e. The number of rotatable bonds is 8. The summed E-state index contributed by atoms with van der Waals surface area (Å²) in [4.78, 5) is 32.5. The van der Waals surface area contributed by atoms with Gasteiger partial charge in [-0.15, -0.1) is 0 Å². The second kappa shape index (κ2) is 12.2. The first kappa shape index (κ1) is 23.7. The van der Waals surface area contributed by atoms with Crippen LogP contribution in [0, 0.1) is 20.2 Å². The molecule has 2 aromatic heterocycles. The lowest BCUT2D eigenvalue weighted by molar-refractivity contribution is -0.392. The van der Waals surface area contributed by atoms with Crippen LogP contribution < -0.4 is 0 Å². The molecule has 4 heterocycles. The normalized spacial score (nSPS) is 17.5. The van der Waals surface area contributed by atoms with E-state index in [9.17, 15) is 20.2 Å². The summed E-state index contributed by atoms with van der Waals surface area (Å²) in [6.07, 6.45) is 5.55. The lowest BCUT2D eigenvalue weighted by Gasteiger charge is -2.25. The van der Waals surface area contributed by atoms with E-state index < -0.39 is 9.85 Å². The summed E-state index contributed by atoms with van der Waals surface area (Å²) in [6, 6.07) is 0. The highest BCUT2D eigenvalue weighted by atomic mass is 16.6. The average molecular weight is 452 g/mol. The van der Waals surface area contributed by atoms with Gasteiger partial charge in [0.15, 0.2) is 12.7 Å². The van der Waals surface area contributed by atoms with Crippen molar-refractivity contribution < 1.29 is 19.3 Å². The van der Waals surface area contributed by atoms with Crippen molar-refractivity contribution >= 4 is 11.6 Å². The second-order valence-corrected chi connectivity index (χ2v) is 7.31. The molecule has 0 aliphatic carbocycles. The zero-order valence-corrected chi connectivity index (χ0v) is 17.8. The van der Waals surface area contributed by atoms with Crippen LogP contribution >= 0.6 is 0 Å². The third kappa shape index (κ3) is 7.05. The minimum absolute atomic E-state index is 0.0493. The van der Waals surface area contributed by atoms with Gasteiger partial charge in [0.05, 0.1) is 26.4 Å². The van der Waals surface area contributed by atoms with Crippen molar-refractivity contribution in [3.05, 3.63) is 45.3 Å². The van der Waals surface area contributed by atoms with Crippen LogP contribution in [-0.2, 0) is 22.6 Å². The zero-order valence-electron chi connectivity index (χ0n) is 17.8. The molecular formula is C18H28N8O6. The molecule has 2 aliphatic heterocycles. The second-order valence-electron chi connectivity index (χ2n) is 7.31. The van der Waals surface area contributed by atoms with Crippen LogP contribution in [0.2, 0.25) is 0 Å². The van der Waals surface area contributed by atoms with Crippen molar-refractivity contribution in [3.63, 3.8) is 0 Å². The van der Waals surface area contributed by atoms with E-state index in [1.54, 1.807) is 9.13 Å². The Balaban J connectivity index is 0.000000181. The first-order valence-corrected chi connectivity index (χ1v) is 10.4. The highest BCUT2D eigenvalue weighted by Crippen LogP contribution is 2.10. The van der Waals surface area contributed by atoms with Gasteiger partial charge in [0.1, 0.15) is 25.5 Å². The molecule has 2 saturated heterocycles. The smallest absolute Gasteiger partial charge is 0.342 e. The van der Waals surface area contributed by atoms with Crippen LogP contribution in [0.4, 0.5) is 11.6 Å². The zero-order chi connectivity index (χ0) is 22.8. The van der Waals surface area contributed by atoms with Crippen molar-refractivity contribution in [1.82, 2.24) is 28.9 Å². The maximum absolute atomic E-state index is 10.6. The van der Waals surface area contributed by atoms with Crippen molar-refractivity contribution in [1.29, 1.82) is 0 Å². The van der Waals surface area contributed by atoms with Crippen LogP contribution in [0.3, 0.4) is 0 Å². The molecule has 0 aromatic carbocycles. The fourth-order valence-electron chi connectivity index (χ4n) is 3.42. The Kier molecular flexibility index (Phi) is 9.03. The average Bonchev–Trinajstić information content (AvgIpc) is 3.48. The summed E-state index contributed by atoms with van der Waals surface area (Å²) in [6.45, 7) is 9.31. The third-order valence-electron chi connectivity index (χ3n) is 5.28. The molecule has 0 bridgehead atoms. The van der Waals surface area contributed by atoms with Crippen LogP contribution in [0.15, 0.2) is 25.0 Å². The van der Waals surface area contributed by atoms with Crippen LogP contribution in [0.5, 0.6) is 0 Å². The van der Waals surface area contributed by atoms with Crippen molar-refractivity contribution in [2.45, 2.75) is 13.1 Å².